The number of hydrogen-bond donors (Lipinski definition) is 0. The number of nitrogens with zero attached hydrogens (tertiary/aromatic N) is 3. The molecule has 1 atom stereocenters. The first-order valence-electron chi connectivity index (χ1n) is 7.25. The highest BCUT2D eigenvalue weighted by Crippen LogP contribution is 2.32. The Morgan fingerprint density at radius 1 is 1.11 bits per heavy atom. The molecule has 0 radical (unpaired) electrons. The highest BCUT2D eigenvalue weighted by atomic mass is 32.2. The first kappa shape index (κ1) is 13.1. The van der Waals surface area contributed by atoms with E-state index in [1.165, 1.54) is 19.3 Å². The average Bonchev–Trinajstić information content (AvgIpc) is 2.88. The third-order valence-corrected chi connectivity index (χ3v) is 6.17. The number of rotatable bonds is 2. The van der Waals surface area contributed by atoms with Gasteiger partial charge in [0.2, 0.25) is 0 Å². The van der Waals surface area contributed by atoms with Gasteiger partial charge in [0.15, 0.2) is 9.84 Å². The van der Waals surface area contributed by atoms with Gasteiger partial charge in [0.05, 0.1) is 17.5 Å². The predicted molar refractivity (Wildman–Crippen MR) is 72.8 cm³/mol. The maximum atomic E-state index is 11.8. The van der Waals surface area contributed by atoms with Crippen molar-refractivity contribution in [3.63, 3.8) is 0 Å². The molecule has 0 N–H and O–H groups in total. The van der Waals surface area contributed by atoms with Crippen molar-refractivity contribution < 1.29 is 8.42 Å². The highest BCUT2D eigenvalue weighted by molar-refractivity contribution is 7.91. The summed E-state index contributed by atoms with van der Waals surface area (Å²) in [4.78, 5) is 4.37. The monoisotopic (exact) mass is 283 g/mol. The SMILES string of the molecule is O=S1(=O)CCCC(c2ncnn2C2CCCCC2)C1. The van der Waals surface area contributed by atoms with E-state index < -0.39 is 9.84 Å². The molecule has 5 nitrogen and oxygen atoms in total. The van der Waals surface area contributed by atoms with E-state index in [1.54, 1.807) is 6.33 Å². The second-order valence-electron chi connectivity index (χ2n) is 5.81. The highest BCUT2D eigenvalue weighted by Gasteiger charge is 2.31. The lowest BCUT2D eigenvalue weighted by Crippen LogP contribution is -2.27. The molecule has 106 valence electrons. The van der Waals surface area contributed by atoms with E-state index in [2.05, 4.69) is 10.1 Å². The molecule has 1 aliphatic heterocycles. The van der Waals surface area contributed by atoms with Crippen molar-refractivity contribution in [2.75, 3.05) is 11.5 Å². The molecule has 2 heterocycles. The largest absolute Gasteiger partial charge is 0.247 e. The number of aromatic nitrogens is 3. The first-order valence-corrected chi connectivity index (χ1v) is 9.08. The van der Waals surface area contributed by atoms with E-state index in [4.69, 9.17) is 0 Å². The summed E-state index contributed by atoms with van der Waals surface area (Å²) < 4.78 is 25.6. The molecule has 6 heteroatoms. The van der Waals surface area contributed by atoms with Crippen LogP contribution in [0.15, 0.2) is 6.33 Å². The molecule has 1 aliphatic carbocycles. The van der Waals surface area contributed by atoms with Crippen LogP contribution >= 0.6 is 0 Å². The Morgan fingerprint density at radius 2 is 1.89 bits per heavy atom. The van der Waals surface area contributed by atoms with E-state index in [1.807, 2.05) is 4.68 Å². The summed E-state index contributed by atoms with van der Waals surface area (Å²) in [5.74, 6) is 1.53. The van der Waals surface area contributed by atoms with Crippen LogP contribution in [0.3, 0.4) is 0 Å². The van der Waals surface area contributed by atoms with Gasteiger partial charge in [-0.2, -0.15) is 5.10 Å². The Labute approximate surface area is 114 Å². The summed E-state index contributed by atoms with van der Waals surface area (Å²) in [6, 6.07) is 0.427. The van der Waals surface area contributed by atoms with Gasteiger partial charge in [-0.15, -0.1) is 0 Å². The minimum atomic E-state index is -2.89. The van der Waals surface area contributed by atoms with Gasteiger partial charge >= 0.3 is 0 Å². The normalized spacial score (nSPS) is 28.3. The molecular weight excluding hydrogens is 262 g/mol. The van der Waals surface area contributed by atoms with E-state index in [0.29, 0.717) is 11.8 Å². The Bertz CT molecular complexity index is 532. The maximum absolute atomic E-state index is 11.8. The van der Waals surface area contributed by atoms with Crippen LogP contribution in [0, 0.1) is 0 Å². The van der Waals surface area contributed by atoms with Crippen LogP contribution in [0.2, 0.25) is 0 Å². The molecule has 0 bridgehead atoms. The molecule has 2 aliphatic rings. The van der Waals surface area contributed by atoms with Crippen LogP contribution in [0.4, 0.5) is 0 Å². The lowest BCUT2D eigenvalue weighted by atomic mass is 9.95. The van der Waals surface area contributed by atoms with Gasteiger partial charge in [0, 0.05) is 5.92 Å². The quantitative estimate of drug-likeness (QED) is 0.833. The topological polar surface area (TPSA) is 64.8 Å². The van der Waals surface area contributed by atoms with Gasteiger partial charge in [-0.1, -0.05) is 19.3 Å². The fourth-order valence-corrected chi connectivity index (χ4v) is 5.09. The first-order chi connectivity index (χ1) is 9.16. The van der Waals surface area contributed by atoms with Crippen molar-refractivity contribution in [3.05, 3.63) is 12.2 Å². The summed E-state index contributed by atoms with van der Waals surface area (Å²) in [5, 5.41) is 4.37. The molecule has 1 unspecified atom stereocenters. The molecular formula is C13H21N3O2S. The molecule has 1 saturated heterocycles. The van der Waals surface area contributed by atoms with E-state index in [-0.39, 0.29) is 11.7 Å². The van der Waals surface area contributed by atoms with Crippen molar-refractivity contribution in [2.24, 2.45) is 0 Å². The Hall–Kier alpha value is -0.910. The van der Waals surface area contributed by atoms with Gasteiger partial charge in [-0.3, -0.25) is 0 Å². The Morgan fingerprint density at radius 3 is 2.63 bits per heavy atom. The van der Waals surface area contributed by atoms with Crippen molar-refractivity contribution >= 4 is 9.84 Å². The van der Waals surface area contributed by atoms with Gasteiger partial charge in [-0.25, -0.2) is 18.1 Å². The van der Waals surface area contributed by atoms with Crippen molar-refractivity contribution in [1.29, 1.82) is 0 Å². The molecule has 1 aromatic heterocycles. The Kier molecular flexibility index (Phi) is 3.60. The van der Waals surface area contributed by atoms with Crippen LogP contribution in [0.1, 0.15) is 62.7 Å². The standard InChI is InChI=1S/C13H21N3O2S/c17-19(18)8-4-5-11(9-19)13-14-10-15-16(13)12-6-2-1-3-7-12/h10-12H,1-9H2. The van der Waals surface area contributed by atoms with E-state index >= 15 is 0 Å². The van der Waals surface area contributed by atoms with Crippen LogP contribution in [-0.4, -0.2) is 34.7 Å². The molecule has 0 spiro atoms. The van der Waals surface area contributed by atoms with Crippen LogP contribution in [0.25, 0.3) is 0 Å². The third-order valence-electron chi connectivity index (χ3n) is 4.35. The Balaban J connectivity index is 1.83. The van der Waals surface area contributed by atoms with Crippen LogP contribution < -0.4 is 0 Å². The van der Waals surface area contributed by atoms with Crippen molar-refractivity contribution in [3.8, 4) is 0 Å². The van der Waals surface area contributed by atoms with E-state index in [9.17, 15) is 8.42 Å². The molecule has 19 heavy (non-hydrogen) atoms. The minimum Gasteiger partial charge on any atom is -0.247 e. The van der Waals surface area contributed by atoms with Gasteiger partial charge in [0.1, 0.15) is 12.2 Å². The summed E-state index contributed by atoms with van der Waals surface area (Å²) >= 11 is 0. The zero-order valence-electron chi connectivity index (χ0n) is 11.2. The molecule has 2 fully saturated rings. The van der Waals surface area contributed by atoms with Crippen molar-refractivity contribution in [1.82, 2.24) is 14.8 Å². The van der Waals surface area contributed by atoms with Crippen LogP contribution in [0.5, 0.6) is 0 Å². The molecule has 3 rings (SSSR count). The smallest absolute Gasteiger partial charge is 0.151 e. The molecule has 1 saturated carbocycles. The second-order valence-corrected chi connectivity index (χ2v) is 8.04. The van der Waals surface area contributed by atoms with Crippen LogP contribution in [-0.2, 0) is 9.84 Å². The fraction of sp³-hybridized carbons (Fsp3) is 0.846. The average molecular weight is 283 g/mol. The second kappa shape index (κ2) is 5.23. The molecule has 0 aromatic carbocycles. The maximum Gasteiger partial charge on any atom is 0.151 e. The van der Waals surface area contributed by atoms with Gasteiger partial charge in [0.25, 0.3) is 0 Å². The lowest BCUT2D eigenvalue weighted by Gasteiger charge is -2.27. The minimum absolute atomic E-state index is 0.0446. The number of sulfone groups is 1. The zero-order chi connectivity index (χ0) is 13.3. The summed E-state index contributed by atoms with van der Waals surface area (Å²) in [6.45, 7) is 0. The lowest BCUT2D eigenvalue weighted by molar-refractivity contribution is 0.314. The number of hydrogen-bond acceptors (Lipinski definition) is 4. The fourth-order valence-electron chi connectivity index (χ4n) is 3.38. The zero-order valence-corrected chi connectivity index (χ0v) is 12.0. The third kappa shape index (κ3) is 2.83. The molecule has 1 aromatic rings. The molecule has 0 amide bonds. The van der Waals surface area contributed by atoms with Crippen molar-refractivity contribution in [2.45, 2.75) is 56.9 Å². The summed E-state index contributed by atoms with van der Waals surface area (Å²) in [6.07, 6.45) is 9.35. The summed E-state index contributed by atoms with van der Waals surface area (Å²) in [5.41, 5.74) is 0. The summed E-state index contributed by atoms with van der Waals surface area (Å²) in [7, 11) is -2.89. The predicted octanol–water partition coefficient (Wildman–Crippen LogP) is 2.08. The van der Waals surface area contributed by atoms with Gasteiger partial charge < -0.3 is 0 Å². The van der Waals surface area contributed by atoms with Gasteiger partial charge in [-0.05, 0) is 25.7 Å². The van der Waals surface area contributed by atoms with E-state index in [0.717, 1.165) is 31.5 Å².